The van der Waals surface area contributed by atoms with Gasteiger partial charge in [-0.2, -0.15) is 9.97 Å². The number of amides is 1. The fourth-order valence-electron chi connectivity index (χ4n) is 8.81. The van der Waals surface area contributed by atoms with Gasteiger partial charge in [-0.15, -0.1) is 6.42 Å². The number of carbonyl (C=O) groups excluding carboxylic acids is 1. The Morgan fingerprint density at radius 2 is 1.98 bits per heavy atom. The monoisotopic (exact) mass is 725 g/mol. The second kappa shape index (κ2) is 15.1. The van der Waals surface area contributed by atoms with Gasteiger partial charge in [0.05, 0.1) is 22.4 Å². The average Bonchev–Trinajstić information content (AvgIpc) is 3.26. The number of hydrogen-bond acceptors (Lipinski definition) is 9. The van der Waals surface area contributed by atoms with Crippen LogP contribution in [-0.4, -0.2) is 91.9 Å². The van der Waals surface area contributed by atoms with Crippen molar-refractivity contribution in [1.29, 1.82) is 0 Å². The topological polar surface area (TPSA) is 107 Å². The summed E-state index contributed by atoms with van der Waals surface area (Å²) in [5.41, 5.74) is 3.06. The smallest absolute Gasteiger partial charge is 0.318 e. The van der Waals surface area contributed by atoms with Crippen molar-refractivity contribution < 1.29 is 23.4 Å². The highest BCUT2D eigenvalue weighted by Crippen LogP contribution is 2.44. The summed E-state index contributed by atoms with van der Waals surface area (Å²) in [5.74, 6) is 2.71. The highest BCUT2D eigenvalue weighted by atomic mass is 19.1. The lowest BCUT2D eigenvalue weighted by atomic mass is 9.75. The molecular formula is C41H49F2N7O3. The highest BCUT2D eigenvalue weighted by molar-refractivity contribution is 5.87. The molecular weight excluding hydrogens is 676 g/mol. The Labute approximate surface area is 310 Å². The van der Waals surface area contributed by atoms with Crippen molar-refractivity contribution in [1.82, 2.24) is 30.1 Å². The number of rotatable bonds is 9. The van der Waals surface area contributed by atoms with Crippen molar-refractivity contribution in [2.24, 2.45) is 0 Å². The number of nitrogens with zero attached hydrogens (tertiary/aromatic N) is 6. The predicted molar refractivity (Wildman–Crippen MR) is 198 cm³/mol. The van der Waals surface area contributed by atoms with E-state index >= 15 is 8.78 Å². The molecule has 3 aliphatic heterocycles. The molecule has 5 atom stereocenters. The number of terminal acetylenes is 1. The summed E-state index contributed by atoms with van der Waals surface area (Å²) in [7, 11) is 0. The van der Waals surface area contributed by atoms with Gasteiger partial charge in [-0.3, -0.25) is 19.6 Å². The van der Waals surface area contributed by atoms with Crippen molar-refractivity contribution in [3.8, 4) is 18.4 Å². The number of nitrogens with one attached hydrogen (secondary N) is 1. The van der Waals surface area contributed by atoms with Crippen LogP contribution in [0, 0.1) is 18.2 Å². The fraction of sp³-hybridized carbons (Fsp3) is 0.512. The van der Waals surface area contributed by atoms with Gasteiger partial charge in [0, 0.05) is 82.2 Å². The lowest BCUT2D eigenvalue weighted by molar-refractivity contribution is -0.117. The first kappa shape index (κ1) is 36.9. The average molecular weight is 726 g/mol. The summed E-state index contributed by atoms with van der Waals surface area (Å²) in [6, 6.07) is 6.79. The Hall–Kier alpha value is -4.44. The summed E-state index contributed by atoms with van der Waals surface area (Å²) < 4.78 is 36.6. The number of alkyl halides is 1. The summed E-state index contributed by atoms with van der Waals surface area (Å²) in [6.07, 6.45) is 14.1. The van der Waals surface area contributed by atoms with Crippen molar-refractivity contribution >= 4 is 11.7 Å². The number of likely N-dealkylation sites (tertiary alicyclic amines) is 1. The number of pyridine rings is 1. The number of benzene rings is 1. The quantitative estimate of drug-likeness (QED) is 0.237. The maximum atomic E-state index is 15.1. The molecule has 2 aromatic heterocycles. The van der Waals surface area contributed by atoms with Gasteiger partial charge in [0.1, 0.15) is 24.4 Å². The van der Waals surface area contributed by atoms with Gasteiger partial charge in [-0.1, -0.05) is 18.6 Å². The maximum absolute atomic E-state index is 15.1. The first-order chi connectivity index (χ1) is 25.4. The number of halogens is 2. The minimum Gasteiger partial charge on any atom is -0.461 e. The highest BCUT2D eigenvalue weighted by Gasteiger charge is 2.44. The molecule has 280 valence electrons. The molecule has 1 amide bonds. The van der Waals surface area contributed by atoms with E-state index in [0.717, 1.165) is 59.6 Å². The Morgan fingerprint density at radius 1 is 1.17 bits per heavy atom. The van der Waals surface area contributed by atoms with E-state index in [1.807, 2.05) is 26.0 Å². The fourth-order valence-corrected chi connectivity index (χ4v) is 8.81. The molecule has 4 aliphatic rings. The van der Waals surface area contributed by atoms with E-state index in [1.54, 1.807) is 18.5 Å². The van der Waals surface area contributed by atoms with Crippen LogP contribution in [0.2, 0.25) is 0 Å². The summed E-state index contributed by atoms with van der Waals surface area (Å²) in [4.78, 5) is 33.1. The van der Waals surface area contributed by atoms with Crippen LogP contribution in [0.3, 0.4) is 0 Å². The molecule has 10 nitrogen and oxygen atoms in total. The van der Waals surface area contributed by atoms with Crippen molar-refractivity contribution in [3.05, 3.63) is 88.6 Å². The molecule has 1 aliphatic carbocycles. The van der Waals surface area contributed by atoms with Crippen molar-refractivity contribution in [3.63, 3.8) is 0 Å². The summed E-state index contributed by atoms with van der Waals surface area (Å²) in [6.45, 7) is 10.8. The molecule has 5 heterocycles. The van der Waals surface area contributed by atoms with Crippen LogP contribution in [0.1, 0.15) is 85.5 Å². The first-order valence-electron chi connectivity index (χ1n) is 18.7. The van der Waals surface area contributed by atoms with Crippen LogP contribution < -0.4 is 15.0 Å². The van der Waals surface area contributed by atoms with Gasteiger partial charge in [0.2, 0.25) is 5.91 Å². The normalized spacial score (nSPS) is 27.6. The Morgan fingerprint density at radius 3 is 2.75 bits per heavy atom. The van der Waals surface area contributed by atoms with E-state index < -0.39 is 23.1 Å². The zero-order valence-electron chi connectivity index (χ0n) is 30.7. The molecule has 0 radical (unpaired) electrons. The van der Waals surface area contributed by atoms with E-state index in [0.29, 0.717) is 58.4 Å². The second-order valence-corrected chi connectivity index (χ2v) is 15.7. The standard InChI is InChI=1S/C41H49F2N7O3/c1-5-31-33(43)11-10-28-19-41(4,52)21-35(37(28)31)48-18-14-32-34(25-48)46-39(47-38(32)49-17-8-7-9-30(24-49)45-36(51)6-2)53-26-40(3)20-29(42)23-50(40)22-27-12-15-44-16-13-27/h1,6,10-13,15-16,29-30,35,52H,2,7-9,14,17-26H2,3-4H3,(H,45,51)/t29-,30?,35+,40+,41-/m1/s1. The number of ether oxygens (including phenoxy) is 1. The molecule has 53 heavy (non-hydrogen) atoms. The van der Waals surface area contributed by atoms with E-state index in [4.69, 9.17) is 21.1 Å². The van der Waals surface area contributed by atoms with Crippen LogP contribution in [0.5, 0.6) is 6.01 Å². The van der Waals surface area contributed by atoms with Crippen LogP contribution in [0.25, 0.3) is 0 Å². The number of fused-ring (bicyclic) bond motifs is 2. The molecule has 12 heteroatoms. The van der Waals surface area contributed by atoms with E-state index in [1.165, 1.54) is 12.1 Å². The number of carbonyl (C=O) groups is 1. The van der Waals surface area contributed by atoms with Crippen LogP contribution in [0.4, 0.5) is 14.6 Å². The Bertz CT molecular complexity index is 1890. The number of hydrogen-bond donors (Lipinski definition) is 2. The zero-order chi connectivity index (χ0) is 37.3. The third-order valence-electron chi connectivity index (χ3n) is 11.4. The third kappa shape index (κ3) is 7.93. The molecule has 0 spiro atoms. The third-order valence-corrected chi connectivity index (χ3v) is 11.4. The molecule has 0 saturated carbocycles. The molecule has 1 aromatic carbocycles. The van der Waals surface area contributed by atoms with E-state index in [9.17, 15) is 9.90 Å². The Kier molecular flexibility index (Phi) is 10.5. The van der Waals surface area contributed by atoms with Gasteiger partial charge in [0.15, 0.2) is 0 Å². The van der Waals surface area contributed by atoms with Crippen molar-refractivity contribution in [2.75, 3.05) is 37.7 Å². The lowest BCUT2D eigenvalue weighted by Gasteiger charge is -2.44. The maximum Gasteiger partial charge on any atom is 0.318 e. The predicted octanol–water partition coefficient (Wildman–Crippen LogP) is 4.83. The number of aromatic nitrogens is 3. The minimum atomic E-state index is -1.00. The van der Waals surface area contributed by atoms with Crippen LogP contribution >= 0.6 is 0 Å². The Balaban J connectivity index is 1.22. The van der Waals surface area contributed by atoms with Gasteiger partial charge >= 0.3 is 6.01 Å². The largest absolute Gasteiger partial charge is 0.461 e. The first-order valence-corrected chi connectivity index (χ1v) is 18.7. The zero-order valence-corrected chi connectivity index (χ0v) is 30.7. The molecule has 2 N–H and O–H groups in total. The molecule has 1 unspecified atom stereocenters. The van der Waals surface area contributed by atoms with E-state index in [-0.39, 0.29) is 36.2 Å². The van der Waals surface area contributed by atoms with Gasteiger partial charge in [-0.05, 0) is 86.9 Å². The number of anilines is 1. The number of aliphatic hydroxyl groups is 1. The summed E-state index contributed by atoms with van der Waals surface area (Å²) in [5, 5.41) is 14.5. The molecule has 3 aromatic rings. The van der Waals surface area contributed by atoms with Crippen molar-refractivity contribution in [2.45, 2.75) is 101 Å². The SMILES string of the molecule is C#Cc1c(F)ccc2c1[C@@H](N1CCc3c(nc(OC[C@]4(C)C[C@@H](F)CN4Cc4ccncc4)nc3N3CCCCC(NC(=O)C=C)C3)C1)C[C@](C)(O)C2. The minimum absolute atomic E-state index is 0.0863. The molecule has 2 saturated heterocycles. The van der Waals surface area contributed by atoms with Crippen LogP contribution in [-0.2, 0) is 30.7 Å². The lowest BCUT2D eigenvalue weighted by Crippen LogP contribution is -2.46. The van der Waals surface area contributed by atoms with Gasteiger partial charge < -0.3 is 20.1 Å². The van der Waals surface area contributed by atoms with E-state index in [2.05, 4.69) is 37.5 Å². The van der Waals surface area contributed by atoms with Gasteiger partial charge in [0.25, 0.3) is 0 Å². The van der Waals surface area contributed by atoms with Crippen LogP contribution in [0.15, 0.2) is 49.3 Å². The molecule has 2 fully saturated rings. The molecule has 7 rings (SSSR count). The summed E-state index contributed by atoms with van der Waals surface area (Å²) >= 11 is 0. The molecule has 0 bridgehead atoms. The second-order valence-electron chi connectivity index (χ2n) is 15.7. The van der Waals surface area contributed by atoms with Gasteiger partial charge in [-0.25, -0.2) is 8.78 Å².